The highest BCUT2D eigenvalue weighted by Crippen LogP contribution is 2.48. The highest BCUT2D eigenvalue weighted by molar-refractivity contribution is 6.13. The van der Waals surface area contributed by atoms with Crippen LogP contribution in [0.1, 0.15) is 51.3 Å². The summed E-state index contributed by atoms with van der Waals surface area (Å²) in [5.41, 5.74) is 11.5. The fourth-order valence-corrected chi connectivity index (χ4v) is 8.50. The SMILES string of the molecule is CC(C)(C)c1ccnc(-n2c3ccccc3c3ccc(N(c4ccccc4)c4ccc5c6cccc7c6n(c5c4)-c4ncccc4C7(C)C)cc32)c1. The molecule has 1 aliphatic rings. The summed E-state index contributed by atoms with van der Waals surface area (Å²) in [7, 11) is 0. The van der Waals surface area contributed by atoms with Crippen LogP contribution in [0.5, 0.6) is 0 Å². The molecule has 0 bridgehead atoms. The predicted molar refractivity (Wildman–Crippen MR) is 216 cm³/mol. The van der Waals surface area contributed by atoms with Crippen molar-refractivity contribution in [1.82, 2.24) is 19.1 Å². The molecule has 0 amide bonds. The molecule has 0 N–H and O–H groups in total. The first-order chi connectivity index (χ1) is 25.2. The van der Waals surface area contributed by atoms with E-state index in [2.05, 4.69) is 182 Å². The molecule has 0 fully saturated rings. The maximum Gasteiger partial charge on any atom is 0.141 e. The van der Waals surface area contributed by atoms with E-state index in [-0.39, 0.29) is 10.8 Å². The van der Waals surface area contributed by atoms with Gasteiger partial charge in [0.2, 0.25) is 0 Å². The highest BCUT2D eigenvalue weighted by Gasteiger charge is 2.36. The smallest absolute Gasteiger partial charge is 0.141 e. The lowest BCUT2D eigenvalue weighted by Crippen LogP contribution is -2.26. The van der Waals surface area contributed by atoms with Crippen molar-refractivity contribution in [3.8, 4) is 11.6 Å². The van der Waals surface area contributed by atoms with E-state index in [1.807, 2.05) is 12.4 Å². The monoisotopic (exact) mass is 673 g/mol. The minimum Gasteiger partial charge on any atom is -0.310 e. The van der Waals surface area contributed by atoms with Crippen molar-refractivity contribution in [3.05, 3.63) is 163 Å². The fraction of sp³-hybridized carbons (Fsp3) is 0.149. The van der Waals surface area contributed by atoms with Gasteiger partial charge in [-0.15, -0.1) is 0 Å². The number of para-hydroxylation sites is 3. The first-order valence-electron chi connectivity index (χ1n) is 18.1. The molecule has 252 valence electrons. The van der Waals surface area contributed by atoms with Crippen molar-refractivity contribution in [2.45, 2.75) is 45.4 Å². The third kappa shape index (κ3) is 4.35. The van der Waals surface area contributed by atoms with Gasteiger partial charge in [0.25, 0.3) is 0 Å². The molecule has 0 spiro atoms. The van der Waals surface area contributed by atoms with Gasteiger partial charge in [-0.05, 0) is 77.2 Å². The number of fused-ring (bicyclic) bond motifs is 8. The van der Waals surface area contributed by atoms with Gasteiger partial charge in [-0.3, -0.25) is 9.13 Å². The zero-order valence-electron chi connectivity index (χ0n) is 30.1. The summed E-state index contributed by atoms with van der Waals surface area (Å²) in [5, 5.41) is 4.89. The minimum atomic E-state index is -0.165. The maximum atomic E-state index is 5.01. The Morgan fingerprint density at radius 2 is 1.17 bits per heavy atom. The van der Waals surface area contributed by atoms with E-state index in [1.165, 1.54) is 43.8 Å². The molecule has 5 aromatic carbocycles. The van der Waals surface area contributed by atoms with Crippen LogP contribution in [0.4, 0.5) is 17.1 Å². The molecule has 52 heavy (non-hydrogen) atoms. The van der Waals surface area contributed by atoms with Crippen molar-refractivity contribution in [2.75, 3.05) is 4.90 Å². The molecule has 0 saturated heterocycles. The van der Waals surface area contributed by atoms with Crippen LogP contribution in [-0.2, 0) is 10.8 Å². The Morgan fingerprint density at radius 1 is 0.519 bits per heavy atom. The van der Waals surface area contributed by atoms with Crippen molar-refractivity contribution < 1.29 is 0 Å². The van der Waals surface area contributed by atoms with Crippen LogP contribution < -0.4 is 4.90 Å². The van der Waals surface area contributed by atoms with Gasteiger partial charge in [0.15, 0.2) is 0 Å². The molecule has 0 atom stereocenters. The van der Waals surface area contributed by atoms with E-state index < -0.39 is 0 Å². The Morgan fingerprint density at radius 3 is 1.94 bits per heavy atom. The molecule has 5 heterocycles. The third-order valence-electron chi connectivity index (χ3n) is 11.1. The lowest BCUT2D eigenvalue weighted by molar-refractivity contribution is 0.588. The van der Waals surface area contributed by atoms with Crippen LogP contribution >= 0.6 is 0 Å². The summed E-state index contributed by atoms with van der Waals surface area (Å²) in [4.78, 5) is 12.3. The first-order valence-corrected chi connectivity index (χ1v) is 18.1. The van der Waals surface area contributed by atoms with E-state index in [4.69, 9.17) is 9.97 Å². The molecule has 10 rings (SSSR count). The van der Waals surface area contributed by atoms with Crippen LogP contribution in [0.3, 0.4) is 0 Å². The molecular formula is C47H39N5. The van der Waals surface area contributed by atoms with Gasteiger partial charge in [-0.2, -0.15) is 0 Å². The van der Waals surface area contributed by atoms with E-state index in [0.29, 0.717) is 0 Å². The molecule has 0 aliphatic carbocycles. The van der Waals surface area contributed by atoms with E-state index in [0.717, 1.165) is 45.2 Å². The number of hydrogen-bond acceptors (Lipinski definition) is 3. The van der Waals surface area contributed by atoms with Gasteiger partial charge >= 0.3 is 0 Å². The Hall–Kier alpha value is -6.20. The first kappa shape index (κ1) is 30.6. The number of hydrogen-bond donors (Lipinski definition) is 0. The summed E-state index contributed by atoms with van der Waals surface area (Å²) >= 11 is 0. The molecule has 9 aromatic rings. The van der Waals surface area contributed by atoms with Gasteiger partial charge < -0.3 is 4.90 Å². The largest absolute Gasteiger partial charge is 0.310 e. The third-order valence-corrected chi connectivity index (χ3v) is 11.1. The molecule has 1 aliphatic heterocycles. The normalized spacial score (nSPS) is 13.6. The molecule has 5 heteroatoms. The van der Waals surface area contributed by atoms with E-state index in [1.54, 1.807) is 0 Å². The Bertz CT molecular complexity index is 2870. The lowest BCUT2D eigenvalue weighted by Gasteiger charge is -2.33. The van der Waals surface area contributed by atoms with E-state index in [9.17, 15) is 0 Å². The summed E-state index contributed by atoms with van der Waals surface area (Å²) < 4.78 is 4.72. The zero-order valence-corrected chi connectivity index (χ0v) is 30.1. The number of pyridine rings is 2. The Labute approximate surface area is 303 Å². The second-order valence-electron chi connectivity index (χ2n) is 15.6. The van der Waals surface area contributed by atoms with Crippen LogP contribution in [0.25, 0.3) is 55.2 Å². The van der Waals surface area contributed by atoms with Crippen LogP contribution in [-0.4, -0.2) is 19.1 Å². The average molecular weight is 674 g/mol. The maximum absolute atomic E-state index is 5.01. The molecule has 0 unspecified atom stereocenters. The second kappa shape index (κ2) is 10.9. The van der Waals surface area contributed by atoms with Crippen LogP contribution in [0, 0.1) is 0 Å². The minimum absolute atomic E-state index is 0.000145. The number of nitrogens with zero attached hydrogens (tertiary/aromatic N) is 5. The van der Waals surface area contributed by atoms with Gasteiger partial charge in [0, 0.05) is 62.0 Å². The predicted octanol–water partition coefficient (Wildman–Crippen LogP) is 12.1. The number of rotatable bonds is 4. The van der Waals surface area contributed by atoms with Gasteiger partial charge in [0.1, 0.15) is 11.6 Å². The Balaban J connectivity index is 1.24. The van der Waals surface area contributed by atoms with Gasteiger partial charge in [-0.25, -0.2) is 9.97 Å². The summed E-state index contributed by atoms with van der Waals surface area (Å²) in [6, 6.07) is 48.5. The average Bonchev–Trinajstić information content (AvgIpc) is 3.67. The van der Waals surface area contributed by atoms with Gasteiger partial charge in [-0.1, -0.05) is 107 Å². The molecular weight excluding hydrogens is 635 g/mol. The molecule has 0 radical (unpaired) electrons. The standard InChI is InChI=1S/C47H39N5/c1-46(2,3)30-24-26-48-43(27-30)51-40-19-10-9-15-34(40)35-22-20-32(28-41(35)51)50(31-13-7-6-8-14-31)33-21-23-36-37-16-11-17-38-44(37)52(42(36)29-33)45-39(47(38,4)5)18-12-25-49-45/h6-29H,1-5H3. The zero-order chi connectivity index (χ0) is 35.4. The summed E-state index contributed by atoms with van der Waals surface area (Å²) in [5.74, 6) is 1.93. The van der Waals surface area contributed by atoms with Crippen LogP contribution in [0.15, 0.2) is 146 Å². The van der Waals surface area contributed by atoms with Crippen molar-refractivity contribution in [2.24, 2.45) is 0 Å². The lowest BCUT2D eigenvalue weighted by atomic mass is 9.76. The quantitative estimate of drug-likeness (QED) is 0.187. The molecule has 0 saturated carbocycles. The van der Waals surface area contributed by atoms with Crippen molar-refractivity contribution >= 4 is 60.7 Å². The topological polar surface area (TPSA) is 38.9 Å². The summed E-state index contributed by atoms with van der Waals surface area (Å²) in [6.07, 6.45) is 3.86. The number of benzene rings is 5. The van der Waals surface area contributed by atoms with Gasteiger partial charge in [0.05, 0.1) is 22.1 Å². The summed E-state index contributed by atoms with van der Waals surface area (Å²) in [6.45, 7) is 11.4. The Kier molecular flexibility index (Phi) is 6.42. The molecule has 5 nitrogen and oxygen atoms in total. The van der Waals surface area contributed by atoms with Crippen molar-refractivity contribution in [1.29, 1.82) is 0 Å². The second-order valence-corrected chi connectivity index (χ2v) is 15.6. The number of aromatic nitrogens is 4. The molecule has 4 aromatic heterocycles. The van der Waals surface area contributed by atoms with Crippen LogP contribution in [0.2, 0.25) is 0 Å². The van der Waals surface area contributed by atoms with E-state index >= 15 is 0 Å². The number of anilines is 3. The fourth-order valence-electron chi connectivity index (χ4n) is 8.50. The highest BCUT2D eigenvalue weighted by atomic mass is 15.2. The van der Waals surface area contributed by atoms with Crippen molar-refractivity contribution in [3.63, 3.8) is 0 Å².